The number of nitrogens with zero attached hydrogens (tertiary/aromatic N) is 1. The zero-order valence-electron chi connectivity index (χ0n) is 11.6. The molecule has 0 fully saturated rings. The molecular formula is C14H21ClN2O2. The van der Waals surface area contributed by atoms with Gasteiger partial charge >= 0.3 is 0 Å². The molecule has 0 aliphatic rings. The third kappa shape index (κ3) is 5.59. The summed E-state index contributed by atoms with van der Waals surface area (Å²) in [7, 11) is 3.73. The summed E-state index contributed by atoms with van der Waals surface area (Å²) in [5, 5.41) is 12.0. The fourth-order valence-electron chi connectivity index (χ4n) is 1.88. The lowest BCUT2D eigenvalue weighted by Crippen LogP contribution is -2.47. The molecule has 0 saturated carbocycles. The van der Waals surface area contributed by atoms with Gasteiger partial charge in [-0.15, -0.1) is 11.6 Å². The van der Waals surface area contributed by atoms with Gasteiger partial charge in [-0.3, -0.25) is 4.79 Å². The molecule has 1 aromatic rings. The van der Waals surface area contributed by atoms with Gasteiger partial charge in [-0.1, -0.05) is 30.3 Å². The molecule has 2 atom stereocenters. The zero-order valence-corrected chi connectivity index (χ0v) is 12.3. The van der Waals surface area contributed by atoms with E-state index in [1.54, 1.807) is 19.1 Å². The van der Waals surface area contributed by atoms with E-state index in [1.165, 1.54) is 0 Å². The topological polar surface area (TPSA) is 52.6 Å². The van der Waals surface area contributed by atoms with E-state index in [1.807, 2.05) is 37.2 Å². The summed E-state index contributed by atoms with van der Waals surface area (Å²) >= 11 is 6.09. The maximum Gasteiger partial charge on any atom is 0.242 e. The van der Waals surface area contributed by atoms with Crippen LogP contribution in [0.2, 0.25) is 0 Å². The van der Waals surface area contributed by atoms with Crippen LogP contribution < -0.4 is 5.32 Å². The standard InChI is InChI=1S/C14H21ClN2O2/c1-14(19,10-17(2)3)9-16-13(18)12(15)11-7-5-4-6-8-11/h4-8,12,19H,9-10H2,1-3H3,(H,16,18). The van der Waals surface area contributed by atoms with Crippen molar-refractivity contribution in [2.24, 2.45) is 0 Å². The highest BCUT2D eigenvalue weighted by Crippen LogP contribution is 2.20. The lowest BCUT2D eigenvalue weighted by Gasteiger charge is -2.27. The van der Waals surface area contributed by atoms with Gasteiger partial charge in [0.2, 0.25) is 5.91 Å². The van der Waals surface area contributed by atoms with E-state index in [-0.39, 0.29) is 12.5 Å². The minimum Gasteiger partial charge on any atom is -0.387 e. The highest BCUT2D eigenvalue weighted by atomic mass is 35.5. The van der Waals surface area contributed by atoms with Gasteiger partial charge in [0.1, 0.15) is 5.38 Å². The molecule has 2 unspecified atom stereocenters. The Labute approximate surface area is 119 Å². The van der Waals surface area contributed by atoms with Gasteiger partial charge in [0.05, 0.1) is 5.60 Å². The van der Waals surface area contributed by atoms with Crippen molar-refractivity contribution in [2.45, 2.75) is 17.9 Å². The van der Waals surface area contributed by atoms with E-state index < -0.39 is 11.0 Å². The van der Waals surface area contributed by atoms with Crippen molar-refractivity contribution < 1.29 is 9.90 Å². The Bertz CT molecular complexity index is 407. The lowest BCUT2D eigenvalue weighted by molar-refractivity contribution is -0.122. The Morgan fingerprint density at radius 1 is 1.42 bits per heavy atom. The van der Waals surface area contributed by atoms with Gasteiger partial charge in [0.15, 0.2) is 0 Å². The molecule has 0 radical (unpaired) electrons. The molecule has 106 valence electrons. The van der Waals surface area contributed by atoms with Crippen LogP contribution >= 0.6 is 11.6 Å². The molecule has 0 saturated heterocycles. The predicted octanol–water partition coefficient (Wildman–Crippen LogP) is 1.40. The number of alkyl halides is 1. The van der Waals surface area contributed by atoms with Crippen LogP contribution in [0, 0.1) is 0 Å². The third-order valence-corrected chi connectivity index (χ3v) is 3.07. The van der Waals surface area contributed by atoms with Crippen molar-refractivity contribution >= 4 is 17.5 Å². The Kier molecular flexibility index (Phi) is 5.79. The van der Waals surface area contributed by atoms with E-state index in [2.05, 4.69) is 5.32 Å². The Morgan fingerprint density at radius 3 is 2.53 bits per heavy atom. The number of amides is 1. The van der Waals surface area contributed by atoms with E-state index in [9.17, 15) is 9.90 Å². The van der Waals surface area contributed by atoms with Crippen LogP contribution in [0.5, 0.6) is 0 Å². The van der Waals surface area contributed by atoms with Gasteiger partial charge in [0.25, 0.3) is 0 Å². The van der Waals surface area contributed by atoms with E-state index >= 15 is 0 Å². The Balaban J connectivity index is 2.52. The number of carbonyl (C=O) groups is 1. The molecule has 1 amide bonds. The second kappa shape index (κ2) is 6.89. The minimum absolute atomic E-state index is 0.167. The van der Waals surface area contributed by atoms with E-state index in [0.29, 0.717) is 6.54 Å². The van der Waals surface area contributed by atoms with Crippen molar-refractivity contribution in [1.29, 1.82) is 0 Å². The van der Waals surface area contributed by atoms with Crippen molar-refractivity contribution in [2.75, 3.05) is 27.2 Å². The summed E-state index contributed by atoms with van der Waals surface area (Å²) in [6.45, 7) is 2.31. The minimum atomic E-state index is -0.980. The summed E-state index contributed by atoms with van der Waals surface area (Å²) in [5.74, 6) is -0.299. The molecule has 1 rings (SSSR count). The van der Waals surface area contributed by atoms with Gasteiger partial charge in [-0.25, -0.2) is 0 Å². The number of aliphatic hydroxyl groups is 1. The number of carbonyl (C=O) groups excluding carboxylic acids is 1. The van der Waals surface area contributed by atoms with Gasteiger partial charge < -0.3 is 15.3 Å². The molecule has 0 aliphatic carbocycles. The summed E-state index contributed by atoms with van der Waals surface area (Å²) in [6.07, 6.45) is 0. The Hall–Kier alpha value is -1.10. The molecule has 0 aromatic heterocycles. The predicted molar refractivity (Wildman–Crippen MR) is 77.2 cm³/mol. The van der Waals surface area contributed by atoms with E-state index in [4.69, 9.17) is 11.6 Å². The number of halogens is 1. The van der Waals surface area contributed by atoms with Crippen LogP contribution in [0.15, 0.2) is 30.3 Å². The molecule has 0 aliphatic heterocycles. The summed E-state index contributed by atoms with van der Waals surface area (Å²) in [6, 6.07) is 9.14. The molecular weight excluding hydrogens is 264 g/mol. The molecule has 0 bridgehead atoms. The highest BCUT2D eigenvalue weighted by molar-refractivity contribution is 6.30. The Morgan fingerprint density at radius 2 is 2.00 bits per heavy atom. The molecule has 4 nitrogen and oxygen atoms in total. The molecule has 2 N–H and O–H groups in total. The number of likely N-dealkylation sites (N-methyl/N-ethyl adjacent to an activating group) is 1. The van der Waals surface area contributed by atoms with Crippen LogP contribution in [0.1, 0.15) is 17.9 Å². The largest absolute Gasteiger partial charge is 0.387 e. The molecule has 1 aromatic carbocycles. The first-order chi connectivity index (χ1) is 8.82. The van der Waals surface area contributed by atoms with Gasteiger partial charge in [-0.2, -0.15) is 0 Å². The van der Waals surface area contributed by atoms with Crippen molar-refractivity contribution in [3.05, 3.63) is 35.9 Å². The van der Waals surface area contributed by atoms with Gasteiger partial charge in [-0.05, 0) is 26.6 Å². The summed E-state index contributed by atoms with van der Waals surface area (Å²) in [4.78, 5) is 13.8. The normalized spacial score (nSPS) is 15.9. The number of rotatable bonds is 6. The average molecular weight is 285 g/mol. The highest BCUT2D eigenvalue weighted by Gasteiger charge is 2.24. The molecule has 19 heavy (non-hydrogen) atoms. The average Bonchev–Trinajstić information content (AvgIpc) is 2.34. The number of hydrogen-bond acceptors (Lipinski definition) is 3. The summed E-state index contributed by atoms with van der Waals surface area (Å²) < 4.78 is 0. The van der Waals surface area contributed by atoms with Crippen LogP contribution in [-0.4, -0.2) is 48.7 Å². The maximum atomic E-state index is 11.9. The fourth-order valence-corrected chi connectivity index (χ4v) is 2.10. The van der Waals surface area contributed by atoms with E-state index in [0.717, 1.165) is 5.56 Å². The molecule has 5 heteroatoms. The van der Waals surface area contributed by atoms with Crippen molar-refractivity contribution in [1.82, 2.24) is 10.2 Å². The second-order valence-electron chi connectivity index (χ2n) is 5.23. The smallest absolute Gasteiger partial charge is 0.242 e. The van der Waals surface area contributed by atoms with Crippen LogP contribution in [0.25, 0.3) is 0 Å². The van der Waals surface area contributed by atoms with Gasteiger partial charge in [0, 0.05) is 13.1 Å². The maximum absolute atomic E-state index is 11.9. The first-order valence-corrected chi connectivity index (χ1v) is 6.59. The van der Waals surface area contributed by atoms with Crippen LogP contribution in [-0.2, 0) is 4.79 Å². The number of hydrogen-bond donors (Lipinski definition) is 2. The van der Waals surface area contributed by atoms with Crippen molar-refractivity contribution in [3.63, 3.8) is 0 Å². The van der Waals surface area contributed by atoms with Crippen molar-refractivity contribution in [3.8, 4) is 0 Å². The first-order valence-electron chi connectivity index (χ1n) is 6.16. The SMILES string of the molecule is CN(C)CC(C)(O)CNC(=O)C(Cl)c1ccccc1. The summed E-state index contributed by atoms with van der Waals surface area (Å²) in [5.41, 5.74) is -0.235. The van der Waals surface area contributed by atoms with Crippen LogP contribution in [0.4, 0.5) is 0 Å². The zero-order chi connectivity index (χ0) is 14.5. The fraction of sp³-hybridized carbons (Fsp3) is 0.500. The number of nitrogens with one attached hydrogen (secondary N) is 1. The second-order valence-corrected chi connectivity index (χ2v) is 5.66. The molecule has 0 heterocycles. The quantitative estimate of drug-likeness (QED) is 0.777. The number of benzene rings is 1. The first kappa shape index (κ1) is 16.0. The van der Waals surface area contributed by atoms with Crippen LogP contribution in [0.3, 0.4) is 0 Å². The third-order valence-electron chi connectivity index (χ3n) is 2.62. The monoisotopic (exact) mass is 284 g/mol. The lowest BCUT2D eigenvalue weighted by atomic mass is 10.1. The molecule has 0 spiro atoms.